The van der Waals surface area contributed by atoms with E-state index >= 15 is 0 Å². The SMILES string of the molecule is CCNC(=NCC(OC)c1ccccc1)NC1CCS(=O)(=O)C1. The fourth-order valence-electron chi connectivity index (χ4n) is 2.58. The number of guanidine groups is 1. The first-order valence-corrected chi connectivity index (χ1v) is 9.69. The number of ether oxygens (including phenoxy) is 1. The fraction of sp³-hybridized carbons (Fsp3) is 0.562. The average molecular weight is 339 g/mol. The Kier molecular flexibility index (Phi) is 6.41. The van der Waals surface area contributed by atoms with Gasteiger partial charge >= 0.3 is 0 Å². The van der Waals surface area contributed by atoms with E-state index in [9.17, 15) is 8.42 Å². The maximum absolute atomic E-state index is 11.6. The molecule has 2 atom stereocenters. The van der Waals surface area contributed by atoms with Gasteiger partial charge in [0.1, 0.15) is 6.10 Å². The van der Waals surface area contributed by atoms with E-state index in [1.165, 1.54) is 0 Å². The third-order valence-corrected chi connectivity index (χ3v) is 5.56. The number of sulfone groups is 1. The number of hydrogen-bond donors (Lipinski definition) is 2. The molecule has 2 rings (SSSR count). The highest BCUT2D eigenvalue weighted by molar-refractivity contribution is 7.91. The summed E-state index contributed by atoms with van der Waals surface area (Å²) in [4.78, 5) is 4.55. The molecule has 0 spiro atoms. The molecule has 0 bridgehead atoms. The quantitative estimate of drug-likeness (QED) is 0.600. The molecule has 0 radical (unpaired) electrons. The van der Waals surface area contributed by atoms with Crippen LogP contribution >= 0.6 is 0 Å². The number of nitrogens with one attached hydrogen (secondary N) is 2. The van der Waals surface area contributed by atoms with Crippen LogP contribution in [0.3, 0.4) is 0 Å². The highest BCUT2D eigenvalue weighted by Crippen LogP contribution is 2.16. The molecule has 0 saturated carbocycles. The zero-order valence-corrected chi connectivity index (χ0v) is 14.5. The summed E-state index contributed by atoms with van der Waals surface area (Å²) in [6, 6.07) is 9.85. The second-order valence-electron chi connectivity index (χ2n) is 5.60. The third-order valence-electron chi connectivity index (χ3n) is 3.79. The van der Waals surface area contributed by atoms with Crippen LogP contribution in [0.5, 0.6) is 0 Å². The van der Waals surface area contributed by atoms with E-state index in [1.807, 2.05) is 37.3 Å². The smallest absolute Gasteiger partial charge is 0.191 e. The van der Waals surface area contributed by atoms with Gasteiger partial charge in [-0.2, -0.15) is 0 Å². The van der Waals surface area contributed by atoms with Crippen LogP contribution in [0, 0.1) is 0 Å². The van der Waals surface area contributed by atoms with Crippen molar-refractivity contribution in [3.63, 3.8) is 0 Å². The van der Waals surface area contributed by atoms with Crippen molar-refractivity contribution >= 4 is 15.8 Å². The van der Waals surface area contributed by atoms with E-state index in [2.05, 4.69) is 15.6 Å². The Morgan fingerprint density at radius 1 is 1.39 bits per heavy atom. The van der Waals surface area contributed by atoms with Gasteiger partial charge in [0.05, 0.1) is 18.1 Å². The lowest BCUT2D eigenvalue weighted by atomic mass is 10.1. The lowest BCUT2D eigenvalue weighted by Gasteiger charge is -2.18. The molecule has 6 nitrogen and oxygen atoms in total. The lowest BCUT2D eigenvalue weighted by molar-refractivity contribution is 0.111. The Morgan fingerprint density at radius 2 is 2.13 bits per heavy atom. The topological polar surface area (TPSA) is 79.8 Å². The van der Waals surface area contributed by atoms with Gasteiger partial charge in [-0.15, -0.1) is 0 Å². The van der Waals surface area contributed by atoms with Gasteiger partial charge < -0.3 is 15.4 Å². The Bertz CT molecular complexity index is 617. The van der Waals surface area contributed by atoms with Gasteiger partial charge in [0.15, 0.2) is 15.8 Å². The molecular weight excluding hydrogens is 314 g/mol. The summed E-state index contributed by atoms with van der Waals surface area (Å²) in [7, 11) is -1.24. The van der Waals surface area contributed by atoms with Crippen LogP contribution in [0.4, 0.5) is 0 Å². The molecule has 1 saturated heterocycles. The number of nitrogens with zero attached hydrogens (tertiary/aromatic N) is 1. The summed E-state index contributed by atoms with van der Waals surface area (Å²) in [5.41, 5.74) is 1.07. The van der Waals surface area contributed by atoms with Crippen molar-refractivity contribution in [3.05, 3.63) is 35.9 Å². The summed E-state index contributed by atoms with van der Waals surface area (Å²) in [5, 5.41) is 6.36. The normalized spacial score (nSPS) is 21.8. The van der Waals surface area contributed by atoms with Gasteiger partial charge in [0, 0.05) is 19.7 Å². The van der Waals surface area contributed by atoms with Crippen LogP contribution in [0.25, 0.3) is 0 Å². The number of rotatable bonds is 6. The Balaban J connectivity index is 2.00. The monoisotopic (exact) mass is 339 g/mol. The van der Waals surface area contributed by atoms with Crippen molar-refractivity contribution in [2.75, 3.05) is 31.7 Å². The maximum atomic E-state index is 11.6. The van der Waals surface area contributed by atoms with Crippen LogP contribution < -0.4 is 10.6 Å². The molecule has 0 aromatic heterocycles. The van der Waals surface area contributed by atoms with Gasteiger partial charge in [-0.3, -0.25) is 4.99 Å². The van der Waals surface area contributed by atoms with Gasteiger partial charge in [0.25, 0.3) is 0 Å². The van der Waals surface area contributed by atoms with Crippen molar-refractivity contribution in [2.45, 2.75) is 25.5 Å². The van der Waals surface area contributed by atoms with Crippen molar-refractivity contribution in [1.29, 1.82) is 0 Å². The van der Waals surface area contributed by atoms with Crippen LogP contribution in [0.15, 0.2) is 35.3 Å². The fourth-order valence-corrected chi connectivity index (χ4v) is 4.25. The molecular formula is C16H25N3O3S. The van der Waals surface area contributed by atoms with E-state index in [-0.39, 0.29) is 23.7 Å². The number of methoxy groups -OCH3 is 1. The second-order valence-corrected chi connectivity index (χ2v) is 7.83. The zero-order chi connectivity index (χ0) is 16.7. The molecule has 1 aliphatic heterocycles. The number of hydrogen-bond acceptors (Lipinski definition) is 4. The molecule has 1 heterocycles. The van der Waals surface area contributed by atoms with E-state index in [0.29, 0.717) is 25.5 Å². The summed E-state index contributed by atoms with van der Waals surface area (Å²) < 4.78 is 28.6. The van der Waals surface area contributed by atoms with Crippen molar-refractivity contribution in [2.24, 2.45) is 4.99 Å². The summed E-state index contributed by atoms with van der Waals surface area (Å²) in [6.07, 6.45) is 0.498. The third kappa shape index (κ3) is 5.51. The molecule has 2 N–H and O–H groups in total. The van der Waals surface area contributed by atoms with E-state index in [4.69, 9.17) is 4.74 Å². The Morgan fingerprint density at radius 3 is 2.70 bits per heavy atom. The van der Waals surface area contributed by atoms with Gasteiger partial charge in [-0.1, -0.05) is 30.3 Å². The predicted octanol–water partition coefficient (Wildman–Crippen LogP) is 1.12. The largest absolute Gasteiger partial charge is 0.375 e. The lowest BCUT2D eigenvalue weighted by Crippen LogP contribution is -2.44. The minimum absolute atomic E-state index is 0.0736. The predicted molar refractivity (Wildman–Crippen MR) is 92.4 cm³/mol. The van der Waals surface area contributed by atoms with E-state index < -0.39 is 9.84 Å². The van der Waals surface area contributed by atoms with Gasteiger partial charge in [0.2, 0.25) is 0 Å². The van der Waals surface area contributed by atoms with E-state index in [0.717, 1.165) is 5.56 Å². The first-order valence-electron chi connectivity index (χ1n) is 7.87. The van der Waals surface area contributed by atoms with Crippen LogP contribution in [-0.4, -0.2) is 52.1 Å². The summed E-state index contributed by atoms with van der Waals surface area (Å²) >= 11 is 0. The van der Waals surface area contributed by atoms with Crippen molar-refractivity contribution in [1.82, 2.24) is 10.6 Å². The molecule has 2 unspecified atom stereocenters. The molecule has 7 heteroatoms. The second kappa shape index (κ2) is 8.31. The molecule has 128 valence electrons. The average Bonchev–Trinajstić information content (AvgIpc) is 2.88. The molecule has 0 amide bonds. The standard InChI is InChI=1S/C16H25N3O3S/c1-3-17-16(19-14-9-10-23(20,21)12-14)18-11-15(22-2)13-7-5-4-6-8-13/h4-8,14-15H,3,9-12H2,1-2H3,(H2,17,18,19). The minimum atomic E-state index is -2.90. The zero-order valence-electron chi connectivity index (χ0n) is 13.7. The molecule has 23 heavy (non-hydrogen) atoms. The Labute approximate surface area is 138 Å². The van der Waals surface area contributed by atoms with Crippen LogP contribution in [0.1, 0.15) is 25.0 Å². The maximum Gasteiger partial charge on any atom is 0.191 e. The Hall–Kier alpha value is -1.60. The molecule has 1 aromatic carbocycles. The molecule has 1 aliphatic rings. The number of aliphatic imine (C=N–C) groups is 1. The first-order chi connectivity index (χ1) is 11.0. The van der Waals surface area contributed by atoms with Crippen LogP contribution in [-0.2, 0) is 14.6 Å². The summed E-state index contributed by atoms with van der Waals surface area (Å²) in [6.45, 7) is 3.16. The highest BCUT2D eigenvalue weighted by atomic mass is 32.2. The molecule has 0 aliphatic carbocycles. The molecule has 1 aromatic rings. The number of benzene rings is 1. The molecule has 1 fully saturated rings. The van der Waals surface area contributed by atoms with Crippen molar-refractivity contribution < 1.29 is 13.2 Å². The minimum Gasteiger partial charge on any atom is -0.375 e. The van der Waals surface area contributed by atoms with Crippen molar-refractivity contribution in [3.8, 4) is 0 Å². The summed E-state index contributed by atoms with van der Waals surface area (Å²) in [5.74, 6) is 1.05. The van der Waals surface area contributed by atoms with Gasteiger partial charge in [-0.05, 0) is 18.9 Å². The van der Waals surface area contributed by atoms with E-state index in [1.54, 1.807) is 7.11 Å². The van der Waals surface area contributed by atoms with Gasteiger partial charge in [-0.25, -0.2) is 8.42 Å². The van der Waals surface area contributed by atoms with Crippen LogP contribution in [0.2, 0.25) is 0 Å². The first kappa shape index (κ1) is 17.7. The highest BCUT2D eigenvalue weighted by Gasteiger charge is 2.28.